The van der Waals surface area contributed by atoms with Gasteiger partial charge in [0.05, 0.1) is 0 Å². The molecule has 4 nitrogen and oxygen atoms in total. The average Bonchev–Trinajstić information content (AvgIpc) is 2.94. The summed E-state index contributed by atoms with van der Waals surface area (Å²) in [6.07, 6.45) is 2.80. The molecule has 4 heteroatoms. The molecule has 1 saturated heterocycles. The summed E-state index contributed by atoms with van der Waals surface area (Å²) in [6.45, 7) is 16.4. The van der Waals surface area contributed by atoms with Crippen molar-refractivity contribution in [3.05, 3.63) is 0 Å². The predicted octanol–water partition coefficient (Wildman–Crippen LogP) is 0.945. The Morgan fingerprint density at radius 2 is 1.58 bits per heavy atom. The summed E-state index contributed by atoms with van der Waals surface area (Å²) in [4.78, 5) is 7.50. The van der Waals surface area contributed by atoms with Crippen molar-refractivity contribution in [1.29, 1.82) is 0 Å². The van der Waals surface area contributed by atoms with E-state index in [9.17, 15) is 0 Å². The highest BCUT2D eigenvalue weighted by atomic mass is 15.2. The zero-order chi connectivity index (χ0) is 13.9. The quantitative estimate of drug-likeness (QED) is 0.564. The summed E-state index contributed by atoms with van der Waals surface area (Å²) in [5.74, 6) is 0. The van der Waals surface area contributed by atoms with Crippen LogP contribution < -0.4 is 5.32 Å². The second-order valence-electron chi connectivity index (χ2n) is 5.63. The smallest absolute Gasteiger partial charge is 0.0109 e. The van der Waals surface area contributed by atoms with Crippen molar-refractivity contribution >= 4 is 0 Å². The maximum atomic E-state index is 3.55. The van der Waals surface area contributed by atoms with E-state index >= 15 is 0 Å². The van der Waals surface area contributed by atoms with E-state index in [1.165, 1.54) is 45.6 Å². The van der Waals surface area contributed by atoms with Gasteiger partial charge in [0, 0.05) is 39.3 Å². The van der Waals surface area contributed by atoms with E-state index in [-0.39, 0.29) is 0 Å². The average molecular weight is 270 g/mol. The highest BCUT2D eigenvalue weighted by molar-refractivity contribution is 4.67. The molecule has 0 radical (unpaired) electrons. The van der Waals surface area contributed by atoms with Crippen LogP contribution in [-0.2, 0) is 0 Å². The van der Waals surface area contributed by atoms with E-state index in [1.54, 1.807) is 0 Å². The summed E-state index contributed by atoms with van der Waals surface area (Å²) >= 11 is 0. The van der Waals surface area contributed by atoms with Crippen LogP contribution in [0.4, 0.5) is 0 Å². The molecule has 19 heavy (non-hydrogen) atoms. The van der Waals surface area contributed by atoms with Crippen LogP contribution in [0.1, 0.15) is 26.7 Å². The molecule has 0 bridgehead atoms. The summed E-state index contributed by atoms with van der Waals surface area (Å²) in [7, 11) is 2.24. The van der Waals surface area contributed by atoms with Gasteiger partial charge in [-0.2, -0.15) is 0 Å². The van der Waals surface area contributed by atoms with Gasteiger partial charge >= 0.3 is 0 Å². The number of likely N-dealkylation sites (N-methyl/N-ethyl adjacent to an activating group) is 2. The second-order valence-corrected chi connectivity index (χ2v) is 5.63. The van der Waals surface area contributed by atoms with Gasteiger partial charge in [-0.1, -0.05) is 13.8 Å². The molecular weight excluding hydrogens is 236 g/mol. The molecule has 1 aliphatic heterocycles. The largest absolute Gasteiger partial charge is 0.314 e. The summed E-state index contributed by atoms with van der Waals surface area (Å²) in [5, 5.41) is 3.55. The van der Waals surface area contributed by atoms with E-state index < -0.39 is 0 Å². The van der Waals surface area contributed by atoms with Crippen molar-refractivity contribution < 1.29 is 0 Å². The Balaban J connectivity index is 1.90. The van der Waals surface area contributed by atoms with Crippen LogP contribution in [0.3, 0.4) is 0 Å². The number of rotatable bonds is 11. The maximum absolute atomic E-state index is 3.55. The van der Waals surface area contributed by atoms with E-state index in [4.69, 9.17) is 0 Å². The van der Waals surface area contributed by atoms with Crippen molar-refractivity contribution in [3.8, 4) is 0 Å². The topological polar surface area (TPSA) is 21.8 Å². The molecule has 1 heterocycles. The van der Waals surface area contributed by atoms with Gasteiger partial charge in [0.15, 0.2) is 0 Å². The van der Waals surface area contributed by atoms with Crippen molar-refractivity contribution in [2.75, 3.05) is 72.5 Å². The molecule has 0 amide bonds. The van der Waals surface area contributed by atoms with Gasteiger partial charge in [-0.25, -0.2) is 0 Å². The van der Waals surface area contributed by atoms with Crippen molar-refractivity contribution in [3.63, 3.8) is 0 Å². The summed E-state index contributed by atoms with van der Waals surface area (Å²) in [6, 6.07) is 0. The molecule has 1 N–H and O–H groups in total. The van der Waals surface area contributed by atoms with Crippen LogP contribution >= 0.6 is 0 Å². The Morgan fingerprint density at radius 3 is 2.21 bits per heavy atom. The van der Waals surface area contributed by atoms with Gasteiger partial charge in [-0.15, -0.1) is 0 Å². The van der Waals surface area contributed by atoms with Gasteiger partial charge in [-0.05, 0) is 46.1 Å². The van der Waals surface area contributed by atoms with Crippen LogP contribution in [0.25, 0.3) is 0 Å². The summed E-state index contributed by atoms with van der Waals surface area (Å²) in [5.41, 5.74) is 0. The predicted molar refractivity (Wildman–Crippen MR) is 83.8 cm³/mol. The second kappa shape index (κ2) is 10.6. The minimum atomic E-state index is 1.11. The maximum Gasteiger partial charge on any atom is 0.0109 e. The Bertz CT molecular complexity index is 200. The lowest BCUT2D eigenvalue weighted by Gasteiger charge is -2.22. The van der Waals surface area contributed by atoms with Crippen LogP contribution in [0.5, 0.6) is 0 Å². The first-order valence-corrected chi connectivity index (χ1v) is 8.10. The van der Waals surface area contributed by atoms with Crippen LogP contribution in [0.2, 0.25) is 0 Å². The lowest BCUT2D eigenvalue weighted by molar-refractivity contribution is 0.254. The molecule has 0 unspecified atom stereocenters. The fraction of sp³-hybridized carbons (Fsp3) is 1.00. The first-order chi connectivity index (χ1) is 9.26. The van der Waals surface area contributed by atoms with Crippen LogP contribution in [0.15, 0.2) is 0 Å². The molecule has 0 aliphatic carbocycles. The molecule has 0 atom stereocenters. The highest BCUT2D eigenvalue weighted by Crippen LogP contribution is 2.06. The number of nitrogens with one attached hydrogen (secondary N) is 1. The van der Waals surface area contributed by atoms with E-state index in [0.717, 1.165) is 32.7 Å². The normalized spacial score (nSPS) is 16.9. The van der Waals surface area contributed by atoms with E-state index in [2.05, 4.69) is 40.9 Å². The van der Waals surface area contributed by atoms with E-state index in [0.29, 0.717) is 0 Å². The zero-order valence-electron chi connectivity index (χ0n) is 13.3. The standard InChI is InChI=1S/C15H34N4/c1-4-18(5-2)13-9-16-8-12-17(3)14-15-19-10-6-7-11-19/h16H,4-15H2,1-3H3. The molecule has 114 valence electrons. The van der Waals surface area contributed by atoms with Crippen LogP contribution in [-0.4, -0.2) is 87.2 Å². The molecule has 0 spiro atoms. The fourth-order valence-corrected chi connectivity index (χ4v) is 2.60. The monoisotopic (exact) mass is 270 g/mol. The fourth-order valence-electron chi connectivity index (χ4n) is 2.60. The number of hydrogen-bond acceptors (Lipinski definition) is 4. The van der Waals surface area contributed by atoms with Crippen molar-refractivity contribution in [1.82, 2.24) is 20.0 Å². The lowest BCUT2D eigenvalue weighted by Crippen LogP contribution is -2.37. The lowest BCUT2D eigenvalue weighted by atomic mass is 10.4. The molecule has 1 rings (SSSR count). The molecule has 0 aromatic carbocycles. The number of nitrogens with zero attached hydrogens (tertiary/aromatic N) is 3. The third-order valence-corrected chi connectivity index (χ3v) is 4.17. The van der Waals surface area contributed by atoms with Gasteiger partial charge < -0.3 is 20.0 Å². The van der Waals surface area contributed by atoms with Crippen molar-refractivity contribution in [2.45, 2.75) is 26.7 Å². The Morgan fingerprint density at radius 1 is 0.947 bits per heavy atom. The first kappa shape index (κ1) is 16.9. The Labute approximate surface area is 120 Å². The van der Waals surface area contributed by atoms with Gasteiger partial charge in [0.1, 0.15) is 0 Å². The number of hydrogen-bond donors (Lipinski definition) is 1. The Kier molecular flexibility index (Phi) is 9.43. The molecule has 0 saturated carbocycles. The minimum Gasteiger partial charge on any atom is -0.314 e. The first-order valence-electron chi connectivity index (χ1n) is 8.10. The van der Waals surface area contributed by atoms with Gasteiger partial charge in [0.2, 0.25) is 0 Å². The molecule has 1 fully saturated rings. The molecule has 0 aromatic rings. The molecule has 1 aliphatic rings. The number of likely N-dealkylation sites (tertiary alicyclic amines) is 1. The minimum absolute atomic E-state index is 1.11. The van der Waals surface area contributed by atoms with Crippen LogP contribution in [0, 0.1) is 0 Å². The SMILES string of the molecule is CCN(CC)CCNCCN(C)CCN1CCCC1. The van der Waals surface area contributed by atoms with E-state index in [1.807, 2.05) is 0 Å². The van der Waals surface area contributed by atoms with Gasteiger partial charge in [-0.3, -0.25) is 0 Å². The highest BCUT2D eigenvalue weighted by Gasteiger charge is 2.11. The van der Waals surface area contributed by atoms with Gasteiger partial charge in [0.25, 0.3) is 0 Å². The molecule has 0 aromatic heterocycles. The van der Waals surface area contributed by atoms with Crippen molar-refractivity contribution in [2.24, 2.45) is 0 Å². The summed E-state index contributed by atoms with van der Waals surface area (Å²) < 4.78 is 0. The third kappa shape index (κ3) is 7.88. The zero-order valence-corrected chi connectivity index (χ0v) is 13.3. The Hall–Kier alpha value is -0.160. The third-order valence-electron chi connectivity index (χ3n) is 4.17. The molecular formula is C15H34N4.